The average Bonchev–Trinajstić information content (AvgIpc) is 2.78. The third kappa shape index (κ3) is 5.29. The maximum Gasteiger partial charge on any atom is 0.303 e. The zero-order valence-electron chi connectivity index (χ0n) is 10.3. The van der Waals surface area contributed by atoms with Gasteiger partial charge in [-0.25, -0.2) is 0 Å². The predicted molar refractivity (Wildman–Crippen MR) is 70.5 cm³/mol. The van der Waals surface area contributed by atoms with Crippen molar-refractivity contribution in [1.82, 2.24) is 5.32 Å². The van der Waals surface area contributed by atoms with E-state index in [1.54, 1.807) is 11.3 Å². The van der Waals surface area contributed by atoms with E-state index in [1.807, 2.05) is 23.8 Å². The number of carbonyl (C=O) groups is 2. The molecule has 0 saturated carbocycles. The Morgan fingerprint density at radius 3 is 2.83 bits per heavy atom. The van der Waals surface area contributed by atoms with Gasteiger partial charge in [-0.1, -0.05) is 0 Å². The molecule has 18 heavy (non-hydrogen) atoms. The minimum absolute atomic E-state index is 0.0111. The second-order valence-electron chi connectivity index (χ2n) is 4.28. The number of amides is 1. The lowest BCUT2D eigenvalue weighted by Gasteiger charge is -2.16. The summed E-state index contributed by atoms with van der Waals surface area (Å²) < 4.78 is 0. The fourth-order valence-corrected chi connectivity index (χ4v) is 2.25. The van der Waals surface area contributed by atoms with Gasteiger partial charge in [0.1, 0.15) is 0 Å². The first-order valence-electron chi connectivity index (χ1n) is 5.78. The van der Waals surface area contributed by atoms with Gasteiger partial charge in [-0.15, -0.1) is 0 Å². The molecule has 1 rings (SSSR count). The summed E-state index contributed by atoms with van der Waals surface area (Å²) in [5, 5.41) is 15.3. The fourth-order valence-electron chi connectivity index (χ4n) is 1.57. The lowest BCUT2D eigenvalue weighted by atomic mass is 10.1. The van der Waals surface area contributed by atoms with E-state index in [1.165, 1.54) is 5.56 Å². The second kappa shape index (κ2) is 7.13. The number of carbonyl (C=O) groups excluding carboxylic acids is 1. The van der Waals surface area contributed by atoms with Crippen molar-refractivity contribution >= 4 is 23.2 Å². The number of nitrogens with one attached hydrogen (secondary N) is 1. The highest BCUT2D eigenvalue weighted by Gasteiger charge is 2.16. The van der Waals surface area contributed by atoms with Crippen molar-refractivity contribution in [1.29, 1.82) is 0 Å². The minimum Gasteiger partial charge on any atom is -0.481 e. The summed E-state index contributed by atoms with van der Waals surface area (Å²) in [4.78, 5) is 22.0. The molecule has 100 valence electrons. The maximum absolute atomic E-state index is 11.7. The summed E-state index contributed by atoms with van der Waals surface area (Å²) in [6.45, 7) is 1.90. The number of hydrogen-bond donors (Lipinski definition) is 3. The number of carboxylic acid groups (broad SMARTS) is 1. The first-order valence-corrected chi connectivity index (χ1v) is 6.72. The molecular formula is C12H18N2O3S. The molecule has 0 aliphatic heterocycles. The lowest BCUT2D eigenvalue weighted by molar-refractivity contribution is -0.137. The number of nitrogens with two attached hydrogens (primary N) is 1. The van der Waals surface area contributed by atoms with Gasteiger partial charge in [0.15, 0.2) is 0 Å². The van der Waals surface area contributed by atoms with Crippen LogP contribution in [-0.4, -0.2) is 29.1 Å². The van der Waals surface area contributed by atoms with Gasteiger partial charge < -0.3 is 16.2 Å². The molecule has 1 aromatic heterocycles. The average molecular weight is 270 g/mol. The highest BCUT2D eigenvalue weighted by Crippen LogP contribution is 2.08. The van der Waals surface area contributed by atoms with Crippen LogP contribution >= 0.6 is 11.3 Å². The summed E-state index contributed by atoms with van der Waals surface area (Å²) in [5.41, 5.74) is 6.79. The number of thiophene rings is 1. The Labute approximate surface area is 110 Å². The second-order valence-corrected chi connectivity index (χ2v) is 5.06. The van der Waals surface area contributed by atoms with Gasteiger partial charge in [-0.2, -0.15) is 11.3 Å². The van der Waals surface area contributed by atoms with Crippen LogP contribution in [-0.2, 0) is 16.0 Å². The van der Waals surface area contributed by atoms with Gasteiger partial charge in [0.2, 0.25) is 5.91 Å². The van der Waals surface area contributed by atoms with Crippen molar-refractivity contribution in [2.45, 2.75) is 38.3 Å². The summed E-state index contributed by atoms with van der Waals surface area (Å²) in [5.74, 6) is -1.23. The Morgan fingerprint density at radius 2 is 2.28 bits per heavy atom. The van der Waals surface area contributed by atoms with E-state index in [4.69, 9.17) is 10.8 Å². The molecule has 0 spiro atoms. The smallest absolute Gasteiger partial charge is 0.303 e. The summed E-state index contributed by atoms with van der Waals surface area (Å²) in [7, 11) is 0. The Kier molecular flexibility index (Phi) is 5.80. The van der Waals surface area contributed by atoms with E-state index in [0.29, 0.717) is 0 Å². The third-order valence-electron chi connectivity index (χ3n) is 2.52. The minimum atomic E-state index is -0.940. The zero-order chi connectivity index (χ0) is 13.5. The van der Waals surface area contributed by atoms with Crippen LogP contribution in [0.2, 0.25) is 0 Å². The number of hydrogen-bond acceptors (Lipinski definition) is 4. The SMILES string of the molecule is CC(Cc1ccsc1)NC(=O)C(N)CCC(=O)O. The molecule has 6 heteroatoms. The standard InChI is InChI=1S/C12H18N2O3S/c1-8(6-9-4-5-18-7-9)14-12(17)10(13)2-3-11(15)16/h4-5,7-8,10H,2-3,6,13H2,1H3,(H,14,17)(H,15,16). The van der Waals surface area contributed by atoms with Gasteiger partial charge in [0.05, 0.1) is 6.04 Å². The molecule has 1 heterocycles. The number of carboxylic acids is 1. The van der Waals surface area contributed by atoms with Crippen molar-refractivity contribution < 1.29 is 14.7 Å². The maximum atomic E-state index is 11.7. The molecule has 2 atom stereocenters. The van der Waals surface area contributed by atoms with E-state index in [2.05, 4.69) is 5.32 Å². The van der Waals surface area contributed by atoms with Gasteiger partial charge in [-0.05, 0) is 42.2 Å². The predicted octanol–water partition coefficient (Wildman–Crippen LogP) is 0.987. The molecular weight excluding hydrogens is 252 g/mol. The van der Waals surface area contributed by atoms with Crippen molar-refractivity contribution in [2.24, 2.45) is 5.73 Å². The van der Waals surface area contributed by atoms with Crippen molar-refractivity contribution in [2.75, 3.05) is 0 Å². The fraction of sp³-hybridized carbons (Fsp3) is 0.500. The van der Waals surface area contributed by atoms with E-state index in [0.717, 1.165) is 6.42 Å². The zero-order valence-corrected chi connectivity index (χ0v) is 11.1. The Balaban J connectivity index is 2.32. The molecule has 5 nitrogen and oxygen atoms in total. The van der Waals surface area contributed by atoms with E-state index in [9.17, 15) is 9.59 Å². The van der Waals surface area contributed by atoms with Gasteiger partial charge in [-0.3, -0.25) is 9.59 Å². The quantitative estimate of drug-likeness (QED) is 0.689. The summed E-state index contributed by atoms with van der Waals surface area (Å²) in [6.07, 6.45) is 0.820. The molecule has 0 aromatic carbocycles. The first kappa shape index (κ1) is 14.7. The molecule has 1 aromatic rings. The van der Waals surface area contributed by atoms with E-state index < -0.39 is 12.0 Å². The lowest BCUT2D eigenvalue weighted by Crippen LogP contribution is -2.45. The van der Waals surface area contributed by atoms with Crippen LogP contribution in [0.1, 0.15) is 25.3 Å². The highest BCUT2D eigenvalue weighted by molar-refractivity contribution is 7.07. The Bertz CT molecular complexity index is 392. The van der Waals surface area contributed by atoms with Gasteiger partial charge in [0.25, 0.3) is 0 Å². The number of rotatable bonds is 7. The van der Waals surface area contributed by atoms with Crippen LogP contribution in [0, 0.1) is 0 Å². The molecule has 0 radical (unpaired) electrons. The molecule has 0 bridgehead atoms. The molecule has 0 aliphatic rings. The topological polar surface area (TPSA) is 92.4 Å². The molecule has 0 aliphatic carbocycles. The van der Waals surface area contributed by atoms with Crippen molar-refractivity contribution in [3.05, 3.63) is 22.4 Å². The van der Waals surface area contributed by atoms with Crippen LogP contribution in [0.4, 0.5) is 0 Å². The first-order chi connectivity index (χ1) is 8.49. The van der Waals surface area contributed by atoms with Gasteiger partial charge >= 0.3 is 5.97 Å². The molecule has 0 saturated heterocycles. The molecule has 4 N–H and O–H groups in total. The molecule has 2 unspecified atom stereocenters. The third-order valence-corrected chi connectivity index (χ3v) is 3.25. The highest BCUT2D eigenvalue weighted by atomic mass is 32.1. The largest absolute Gasteiger partial charge is 0.481 e. The van der Waals surface area contributed by atoms with Crippen LogP contribution in [0.3, 0.4) is 0 Å². The molecule has 0 fully saturated rings. The van der Waals surface area contributed by atoms with E-state index in [-0.39, 0.29) is 24.8 Å². The van der Waals surface area contributed by atoms with E-state index >= 15 is 0 Å². The monoisotopic (exact) mass is 270 g/mol. The van der Waals surface area contributed by atoms with Crippen molar-refractivity contribution in [3.63, 3.8) is 0 Å². The van der Waals surface area contributed by atoms with Crippen molar-refractivity contribution in [3.8, 4) is 0 Å². The normalized spacial score (nSPS) is 13.9. The summed E-state index contributed by atoms with van der Waals surface area (Å²) >= 11 is 1.62. The van der Waals surface area contributed by atoms with Crippen LogP contribution in [0.25, 0.3) is 0 Å². The summed E-state index contributed by atoms with van der Waals surface area (Å²) in [6, 6.07) is 1.24. The van der Waals surface area contributed by atoms with Crippen LogP contribution < -0.4 is 11.1 Å². The molecule has 1 amide bonds. The van der Waals surface area contributed by atoms with Gasteiger partial charge in [0, 0.05) is 12.5 Å². The van der Waals surface area contributed by atoms with Crippen LogP contribution in [0.15, 0.2) is 16.8 Å². The number of aliphatic carboxylic acids is 1. The van der Waals surface area contributed by atoms with Crippen LogP contribution in [0.5, 0.6) is 0 Å². The Hall–Kier alpha value is -1.40. The Morgan fingerprint density at radius 1 is 1.56 bits per heavy atom.